The molecule has 0 amide bonds. The fourth-order valence-electron chi connectivity index (χ4n) is 3.43. The van der Waals surface area contributed by atoms with E-state index in [0.29, 0.717) is 22.8 Å². The van der Waals surface area contributed by atoms with Crippen molar-refractivity contribution < 1.29 is 4.74 Å². The number of rotatable bonds is 4. The van der Waals surface area contributed by atoms with E-state index in [1.54, 1.807) is 12.1 Å². The van der Waals surface area contributed by atoms with Gasteiger partial charge in [-0.2, -0.15) is 4.98 Å². The van der Waals surface area contributed by atoms with Crippen LogP contribution in [-0.4, -0.2) is 51.2 Å². The van der Waals surface area contributed by atoms with Crippen molar-refractivity contribution in [3.05, 3.63) is 38.0 Å². The van der Waals surface area contributed by atoms with E-state index in [1.807, 2.05) is 4.57 Å². The van der Waals surface area contributed by atoms with Gasteiger partial charge in [-0.05, 0) is 32.0 Å². The third kappa shape index (κ3) is 2.95. The SMILES string of the molecule is COc1cc2c(cc1Cl)nc1c(=O)[nH]c(=O)nc-1n2CCN1CCCC1. The van der Waals surface area contributed by atoms with Gasteiger partial charge in [0.05, 0.1) is 23.2 Å². The fraction of sp³-hybridized carbons (Fsp3) is 0.412. The lowest BCUT2D eigenvalue weighted by Gasteiger charge is -2.20. The minimum atomic E-state index is -0.681. The molecule has 1 fully saturated rings. The Morgan fingerprint density at radius 1 is 1.19 bits per heavy atom. The molecule has 0 bridgehead atoms. The molecule has 0 saturated carbocycles. The van der Waals surface area contributed by atoms with Gasteiger partial charge < -0.3 is 14.2 Å². The van der Waals surface area contributed by atoms with Gasteiger partial charge in [-0.3, -0.25) is 9.78 Å². The van der Waals surface area contributed by atoms with Crippen LogP contribution in [0.5, 0.6) is 5.75 Å². The maximum Gasteiger partial charge on any atom is 0.349 e. The molecule has 8 nitrogen and oxygen atoms in total. The first kappa shape index (κ1) is 17.0. The van der Waals surface area contributed by atoms with E-state index in [9.17, 15) is 9.59 Å². The van der Waals surface area contributed by atoms with Crippen LogP contribution in [0.3, 0.4) is 0 Å². The van der Waals surface area contributed by atoms with E-state index >= 15 is 0 Å². The maximum absolute atomic E-state index is 12.2. The summed E-state index contributed by atoms with van der Waals surface area (Å²) in [5, 5.41) is 0.405. The van der Waals surface area contributed by atoms with Crippen LogP contribution >= 0.6 is 11.6 Å². The number of ether oxygens (including phenoxy) is 1. The molecule has 1 aromatic carbocycles. The third-order valence-corrected chi connectivity index (χ3v) is 5.02. The molecule has 4 rings (SSSR count). The first-order valence-corrected chi connectivity index (χ1v) is 8.85. The van der Waals surface area contributed by atoms with Gasteiger partial charge in [-0.25, -0.2) is 9.78 Å². The summed E-state index contributed by atoms with van der Waals surface area (Å²) in [6.45, 7) is 3.48. The summed E-state index contributed by atoms with van der Waals surface area (Å²) in [5.74, 6) is 0.775. The number of nitrogens with zero attached hydrogens (tertiary/aromatic N) is 4. The van der Waals surface area contributed by atoms with Crippen molar-refractivity contribution in [2.75, 3.05) is 26.7 Å². The first-order valence-electron chi connectivity index (χ1n) is 8.47. The monoisotopic (exact) mass is 375 g/mol. The predicted molar refractivity (Wildman–Crippen MR) is 98.3 cm³/mol. The topological polar surface area (TPSA) is 93.1 Å². The standard InChI is InChI=1S/C17H18ClN5O3/c1-26-13-9-12-11(8-10(13)18)19-14-15(20-17(25)21-16(14)24)23(12)7-6-22-4-2-3-5-22/h8-9H,2-7H2,1H3,(H,21,24,25). The first-order chi connectivity index (χ1) is 12.6. The number of hydrogen-bond acceptors (Lipinski definition) is 6. The van der Waals surface area contributed by atoms with Gasteiger partial charge in [0.2, 0.25) is 0 Å². The number of aromatic amines is 1. The smallest absolute Gasteiger partial charge is 0.349 e. The van der Waals surface area contributed by atoms with Gasteiger partial charge >= 0.3 is 5.69 Å². The maximum atomic E-state index is 12.2. The lowest BCUT2D eigenvalue weighted by atomic mass is 10.2. The molecule has 0 spiro atoms. The molecular formula is C17H18ClN5O3. The number of fused-ring (bicyclic) bond motifs is 2. The summed E-state index contributed by atoms with van der Waals surface area (Å²) in [7, 11) is 1.54. The van der Waals surface area contributed by atoms with Crippen molar-refractivity contribution in [1.29, 1.82) is 0 Å². The van der Waals surface area contributed by atoms with E-state index in [0.717, 1.165) is 25.2 Å². The summed E-state index contributed by atoms with van der Waals surface area (Å²) in [6, 6.07) is 3.42. The summed E-state index contributed by atoms with van der Waals surface area (Å²) < 4.78 is 7.16. The van der Waals surface area contributed by atoms with Crippen LogP contribution in [-0.2, 0) is 6.54 Å². The van der Waals surface area contributed by atoms with E-state index in [-0.39, 0.29) is 11.5 Å². The van der Waals surface area contributed by atoms with Crippen LogP contribution in [0.1, 0.15) is 12.8 Å². The molecule has 1 saturated heterocycles. The number of H-pyrrole nitrogens is 1. The second-order valence-corrected chi connectivity index (χ2v) is 6.74. The Bertz CT molecular complexity index is 1050. The lowest BCUT2D eigenvalue weighted by molar-refractivity contribution is 0.324. The molecule has 1 aromatic rings. The number of hydrogen-bond donors (Lipinski definition) is 1. The van der Waals surface area contributed by atoms with Crippen molar-refractivity contribution in [2.45, 2.75) is 19.4 Å². The van der Waals surface area contributed by atoms with Crippen molar-refractivity contribution >= 4 is 22.6 Å². The van der Waals surface area contributed by atoms with Gasteiger partial charge in [-0.1, -0.05) is 11.6 Å². The highest BCUT2D eigenvalue weighted by molar-refractivity contribution is 6.32. The summed E-state index contributed by atoms with van der Waals surface area (Å²) >= 11 is 6.22. The van der Waals surface area contributed by atoms with Crippen LogP contribution in [0.15, 0.2) is 21.7 Å². The average molecular weight is 376 g/mol. The largest absolute Gasteiger partial charge is 0.495 e. The quantitative estimate of drug-likeness (QED) is 0.692. The zero-order valence-corrected chi connectivity index (χ0v) is 15.0. The van der Waals surface area contributed by atoms with Crippen molar-refractivity contribution in [2.24, 2.45) is 0 Å². The molecule has 9 heteroatoms. The summed E-state index contributed by atoms with van der Waals surface area (Å²) in [6.07, 6.45) is 2.38. The second-order valence-electron chi connectivity index (χ2n) is 6.33. The Morgan fingerprint density at radius 3 is 2.69 bits per heavy atom. The molecule has 0 radical (unpaired) electrons. The van der Waals surface area contributed by atoms with Crippen LogP contribution in [0, 0.1) is 0 Å². The molecule has 0 aliphatic carbocycles. The van der Waals surface area contributed by atoms with Gasteiger partial charge in [0.25, 0.3) is 5.56 Å². The van der Waals surface area contributed by atoms with Gasteiger partial charge in [0, 0.05) is 19.2 Å². The fourth-order valence-corrected chi connectivity index (χ4v) is 3.66. The minimum absolute atomic E-state index is 0.125. The number of likely N-dealkylation sites (tertiary alicyclic amines) is 1. The Labute approximate surface area is 153 Å². The molecule has 3 heterocycles. The van der Waals surface area contributed by atoms with Crippen LogP contribution in [0.2, 0.25) is 5.02 Å². The highest BCUT2D eigenvalue weighted by atomic mass is 35.5. The number of methoxy groups -OCH3 is 1. The summed E-state index contributed by atoms with van der Waals surface area (Å²) in [5.41, 5.74) is 0.161. The lowest BCUT2D eigenvalue weighted by Crippen LogP contribution is -2.31. The van der Waals surface area contributed by atoms with E-state index < -0.39 is 11.2 Å². The number of halogens is 1. The second kappa shape index (κ2) is 6.69. The number of aromatic nitrogens is 4. The Morgan fingerprint density at radius 2 is 1.96 bits per heavy atom. The van der Waals surface area contributed by atoms with E-state index in [1.165, 1.54) is 20.0 Å². The number of benzene rings is 1. The van der Waals surface area contributed by atoms with Gasteiger partial charge in [0.1, 0.15) is 5.75 Å². The van der Waals surface area contributed by atoms with Gasteiger partial charge in [-0.15, -0.1) is 0 Å². The number of nitrogens with one attached hydrogen (secondary N) is 1. The normalized spacial score (nSPS) is 15.2. The molecule has 3 aliphatic rings. The molecule has 136 valence electrons. The zero-order valence-electron chi connectivity index (χ0n) is 14.3. The molecule has 26 heavy (non-hydrogen) atoms. The zero-order chi connectivity index (χ0) is 18.3. The average Bonchev–Trinajstić information content (AvgIpc) is 3.12. The molecule has 1 N–H and O–H groups in total. The predicted octanol–water partition coefficient (Wildman–Crippen LogP) is 1.34. The van der Waals surface area contributed by atoms with Crippen molar-refractivity contribution in [1.82, 2.24) is 24.4 Å². The highest BCUT2D eigenvalue weighted by Gasteiger charge is 2.21. The Kier molecular flexibility index (Phi) is 4.37. The molecule has 0 atom stereocenters. The molecule has 0 aromatic heterocycles. The van der Waals surface area contributed by atoms with E-state index in [2.05, 4.69) is 19.9 Å². The highest BCUT2D eigenvalue weighted by Crippen LogP contribution is 2.31. The van der Waals surface area contributed by atoms with Crippen LogP contribution in [0.25, 0.3) is 22.6 Å². The Balaban J connectivity index is 1.95. The third-order valence-electron chi connectivity index (χ3n) is 4.72. The summed E-state index contributed by atoms with van der Waals surface area (Å²) in [4.78, 5) is 36.9. The Hall–Kier alpha value is -2.45. The minimum Gasteiger partial charge on any atom is -0.495 e. The molecule has 3 aliphatic heterocycles. The van der Waals surface area contributed by atoms with Crippen molar-refractivity contribution in [3.63, 3.8) is 0 Å². The van der Waals surface area contributed by atoms with Crippen LogP contribution < -0.4 is 16.0 Å². The molecule has 0 unspecified atom stereocenters. The van der Waals surface area contributed by atoms with Crippen LogP contribution in [0.4, 0.5) is 0 Å². The molecular weight excluding hydrogens is 358 g/mol. The van der Waals surface area contributed by atoms with E-state index in [4.69, 9.17) is 16.3 Å². The van der Waals surface area contributed by atoms with Gasteiger partial charge in [0.15, 0.2) is 11.5 Å². The van der Waals surface area contributed by atoms with Crippen molar-refractivity contribution in [3.8, 4) is 17.3 Å².